The zero-order valence-corrected chi connectivity index (χ0v) is 15.5. The predicted molar refractivity (Wildman–Crippen MR) is 98.0 cm³/mol. The number of thiazole rings is 1. The lowest BCUT2D eigenvalue weighted by Gasteiger charge is -2.48. The molecule has 25 heavy (non-hydrogen) atoms. The van der Waals surface area contributed by atoms with Crippen molar-refractivity contribution in [1.82, 2.24) is 14.8 Å². The van der Waals surface area contributed by atoms with Crippen molar-refractivity contribution in [2.24, 2.45) is 0 Å². The van der Waals surface area contributed by atoms with Gasteiger partial charge in [-0.3, -0.25) is 9.69 Å². The Balaban J connectivity index is 1.50. The molecule has 0 spiro atoms. The minimum atomic E-state index is 0.115. The van der Waals surface area contributed by atoms with Gasteiger partial charge in [-0.2, -0.15) is 0 Å². The monoisotopic (exact) mass is 357 g/mol. The van der Waals surface area contributed by atoms with Gasteiger partial charge in [-0.15, -0.1) is 11.3 Å². The Morgan fingerprint density at radius 1 is 1.20 bits per heavy atom. The summed E-state index contributed by atoms with van der Waals surface area (Å²) in [5, 5.41) is 0.949. The highest BCUT2D eigenvalue weighted by Crippen LogP contribution is 2.30. The van der Waals surface area contributed by atoms with E-state index in [4.69, 9.17) is 4.74 Å². The molecule has 132 valence electrons. The van der Waals surface area contributed by atoms with E-state index in [9.17, 15) is 4.79 Å². The molecular formula is C19H23N3O2S. The highest BCUT2D eigenvalue weighted by molar-refractivity contribution is 7.13. The third kappa shape index (κ3) is 3.21. The van der Waals surface area contributed by atoms with Crippen LogP contribution >= 0.6 is 11.3 Å². The Hall–Kier alpha value is -1.76. The molecule has 1 aromatic carbocycles. The normalized spacial score (nSPS) is 24.2. The lowest BCUT2D eigenvalue weighted by atomic mass is 10.00. The second-order valence-electron chi connectivity index (χ2n) is 6.75. The van der Waals surface area contributed by atoms with E-state index in [1.807, 2.05) is 24.8 Å². The van der Waals surface area contributed by atoms with E-state index in [1.54, 1.807) is 0 Å². The van der Waals surface area contributed by atoms with Crippen molar-refractivity contribution in [3.63, 3.8) is 0 Å². The van der Waals surface area contributed by atoms with Crippen molar-refractivity contribution in [3.8, 4) is 0 Å². The van der Waals surface area contributed by atoms with Crippen molar-refractivity contribution in [1.29, 1.82) is 0 Å². The summed E-state index contributed by atoms with van der Waals surface area (Å²) < 4.78 is 5.88. The molecule has 1 aromatic heterocycles. The summed E-state index contributed by atoms with van der Waals surface area (Å²) in [6.45, 7) is 7.65. The topological polar surface area (TPSA) is 45.7 Å². The van der Waals surface area contributed by atoms with E-state index in [0.717, 1.165) is 41.8 Å². The standard InChI is InChI=1S/C19H23N3O2S/c1-13-18(25-14(2)20-13)19(23)21-8-9-22-16(10-21)11-24-12-17(22)15-6-4-3-5-7-15/h3-7,16-17H,8-12H2,1-2H3/t16-,17-/m1/s1. The third-order valence-electron chi connectivity index (χ3n) is 5.08. The van der Waals surface area contributed by atoms with Gasteiger partial charge in [-0.1, -0.05) is 30.3 Å². The van der Waals surface area contributed by atoms with Gasteiger partial charge in [0.15, 0.2) is 0 Å². The summed E-state index contributed by atoms with van der Waals surface area (Å²) in [7, 11) is 0. The summed E-state index contributed by atoms with van der Waals surface area (Å²) in [6, 6.07) is 11.1. The van der Waals surface area contributed by atoms with Crippen molar-refractivity contribution in [3.05, 3.63) is 51.5 Å². The summed E-state index contributed by atoms with van der Waals surface area (Å²) in [6.07, 6.45) is 0. The number of morpholine rings is 1. The Morgan fingerprint density at radius 3 is 2.72 bits per heavy atom. The molecule has 0 unspecified atom stereocenters. The van der Waals surface area contributed by atoms with Crippen LogP contribution in [0.5, 0.6) is 0 Å². The maximum Gasteiger partial charge on any atom is 0.265 e. The number of carbonyl (C=O) groups is 1. The second-order valence-corrected chi connectivity index (χ2v) is 7.96. The fraction of sp³-hybridized carbons (Fsp3) is 0.474. The molecule has 4 rings (SSSR count). The number of hydrogen-bond acceptors (Lipinski definition) is 5. The van der Waals surface area contributed by atoms with Gasteiger partial charge in [-0.25, -0.2) is 4.98 Å². The molecule has 6 heteroatoms. The van der Waals surface area contributed by atoms with Crippen LogP contribution in [0.1, 0.15) is 32.0 Å². The Bertz CT molecular complexity index is 761. The molecule has 0 bridgehead atoms. The summed E-state index contributed by atoms with van der Waals surface area (Å²) in [5.41, 5.74) is 2.14. The number of carbonyl (C=O) groups excluding carboxylic acids is 1. The number of hydrogen-bond donors (Lipinski definition) is 0. The molecule has 1 amide bonds. The van der Waals surface area contributed by atoms with Crippen molar-refractivity contribution in [2.45, 2.75) is 25.9 Å². The predicted octanol–water partition coefficient (Wildman–Crippen LogP) is 2.66. The lowest BCUT2D eigenvalue weighted by Crippen LogP contribution is -2.60. The molecule has 0 saturated carbocycles. The Labute approximate surface area is 152 Å². The number of amides is 1. The quantitative estimate of drug-likeness (QED) is 0.829. The van der Waals surface area contributed by atoms with E-state index in [-0.39, 0.29) is 18.0 Å². The maximum atomic E-state index is 12.9. The van der Waals surface area contributed by atoms with E-state index in [0.29, 0.717) is 6.61 Å². The molecular weight excluding hydrogens is 334 g/mol. The van der Waals surface area contributed by atoms with Gasteiger partial charge in [-0.05, 0) is 19.4 Å². The second kappa shape index (κ2) is 6.86. The maximum absolute atomic E-state index is 12.9. The average Bonchev–Trinajstić information content (AvgIpc) is 2.99. The number of piperazine rings is 1. The largest absolute Gasteiger partial charge is 0.378 e. The first kappa shape index (κ1) is 16.7. The van der Waals surface area contributed by atoms with Crippen LogP contribution in [0.2, 0.25) is 0 Å². The number of fused-ring (bicyclic) bond motifs is 1. The third-order valence-corrected chi connectivity index (χ3v) is 6.14. The van der Waals surface area contributed by atoms with Crippen LogP contribution in [0.3, 0.4) is 0 Å². The molecule has 2 saturated heterocycles. The fourth-order valence-electron chi connectivity index (χ4n) is 3.86. The van der Waals surface area contributed by atoms with E-state index < -0.39 is 0 Å². The molecule has 2 aliphatic rings. The average molecular weight is 357 g/mol. The molecule has 0 aliphatic carbocycles. The number of nitrogens with zero attached hydrogens (tertiary/aromatic N) is 3. The minimum Gasteiger partial charge on any atom is -0.378 e. The van der Waals surface area contributed by atoms with Crippen LogP contribution < -0.4 is 0 Å². The van der Waals surface area contributed by atoms with Crippen LogP contribution in [0, 0.1) is 13.8 Å². The molecule has 5 nitrogen and oxygen atoms in total. The van der Waals surface area contributed by atoms with Crippen molar-refractivity contribution < 1.29 is 9.53 Å². The van der Waals surface area contributed by atoms with Gasteiger partial charge in [0, 0.05) is 19.6 Å². The van der Waals surface area contributed by atoms with Gasteiger partial charge in [0.1, 0.15) is 4.88 Å². The number of aromatic nitrogens is 1. The molecule has 2 aliphatic heterocycles. The highest BCUT2D eigenvalue weighted by atomic mass is 32.1. The number of ether oxygens (including phenoxy) is 1. The minimum absolute atomic E-state index is 0.115. The van der Waals surface area contributed by atoms with E-state index in [2.05, 4.69) is 34.1 Å². The van der Waals surface area contributed by atoms with Crippen molar-refractivity contribution >= 4 is 17.2 Å². The summed E-state index contributed by atoms with van der Waals surface area (Å²) in [5.74, 6) is 0.115. The fourth-order valence-corrected chi connectivity index (χ4v) is 4.75. The number of benzene rings is 1. The first-order valence-corrected chi connectivity index (χ1v) is 9.57. The highest BCUT2D eigenvalue weighted by Gasteiger charge is 2.38. The molecule has 3 heterocycles. The number of aryl methyl sites for hydroxylation is 2. The SMILES string of the molecule is Cc1nc(C)c(C(=O)N2CCN3[C@@H](COC[C@@H]3c3ccccc3)C2)s1. The van der Waals surface area contributed by atoms with Crippen molar-refractivity contribution in [2.75, 3.05) is 32.8 Å². The Morgan fingerprint density at radius 2 is 2.00 bits per heavy atom. The molecule has 2 aromatic rings. The van der Waals surface area contributed by atoms with Crippen LogP contribution in [-0.4, -0.2) is 59.6 Å². The van der Waals surface area contributed by atoms with Gasteiger partial charge < -0.3 is 9.64 Å². The van der Waals surface area contributed by atoms with E-state index >= 15 is 0 Å². The molecule has 2 atom stereocenters. The van der Waals surface area contributed by atoms with Crippen LogP contribution in [0.25, 0.3) is 0 Å². The molecule has 0 radical (unpaired) electrons. The Kier molecular flexibility index (Phi) is 4.58. The smallest absolute Gasteiger partial charge is 0.265 e. The van der Waals surface area contributed by atoms with Gasteiger partial charge >= 0.3 is 0 Å². The zero-order valence-electron chi connectivity index (χ0n) is 14.6. The first-order valence-electron chi connectivity index (χ1n) is 8.75. The van der Waals surface area contributed by atoms with Gasteiger partial charge in [0.2, 0.25) is 0 Å². The zero-order chi connectivity index (χ0) is 17.4. The van der Waals surface area contributed by atoms with Crippen LogP contribution in [-0.2, 0) is 4.74 Å². The molecule has 2 fully saturated rings. The van der Waals surface area contributed by atoms with Crippen LogP contribution in [0.15, 0.2) is 30.3 Å². The van der Waals surface area contributed by atoms with Crippen LogP contribution in [0.4, 0.5) is 0 Å². The lowest BCUT2D eigenvalue weighted by molar-refractivity contribution is -0.0769. The summed E-state index contributed by atoms with van der Waals surface area (Å²) in [4.78, 5) is 22.6. The van der Waals surface area contributed by atoms with Gasteiger partial charge in [0.25, 0.3) is 5.91 Å². The molecule has 0 N–H and O–H groups in total. The summed E-state index contributed by atoms with van der Waals surface area (Å²) >= 11 is 1.50. The first-order chi connectivity index (χ1) is 12.1. The van der Waals surface area contributed by atoms with Gasteiger partial charge in [0.05, 0.1) is 36.0 Å². The van der Waals surface area contributed by atoms with E-state index in [1.165, 1.54) is 16.9 Å². The number of rotatable bonds is 2.